The van der Waals surface area contributed by atoms with E-state index in [1.807, 2.05) is 38.1 Å². The van der Waals surface area contributed by atoms with Gasteiger partial charge in [0.15, 0.2) is 5.96 Å². The average molecular weight is 377 g/mol. The van der Waals surface area contributed by atoms with Gasteiger partial charge in [-0.05, 0) is 37.1 Å². The zero-order valence-corrected chi connectivity index (χ0v) is 15.5. The quantitative estimate of drug-likeness (QED) is 0.487. The fraction of sp³-hybridized carbons (Fsp3) is 0.350. The predicted molar refractivity (Wildman–Crippen MR) is 102 cm³/mol. The Morgan fingerprint density at radius 3 is 2.33 bits per heavy atom. The van der Waals surface area contributed by atoms with Crippen LogP contribution in [0.4, 0.5) is 8.78 Å². The maximum atomic E-state index is 12.2. The number of nitrogens with zero attached hydrogens (tertiary/aromatic N) is 1. The molecule has 0 aliphatic heterocycles. The van der Waals surface area contributed by atoms with Crippen LogP contribution in [0, 0.1) is 6.92 Å². The molecule has 3 N–H and O–H groups in total. The smallest absolute Gasteiger partial charge is 0.387 e. The van der Waals surface area contributed by atoms with Crippen molar-refractivity contribution >= 4 is 5.96 Å². The number of benzene rings is 2. The minimum Gasteiger partial charge on any atom is -0.435 e. The first-order chi connectivity index (χ1) is 13.0. The van der Waals surface area contributed by atoms with Crippen LogP contribution in [0.1, 0.15) is 29.7 Å². The zero-order chi connectivity index (χ0) is 19.6. The number of guanidine groups is 1. The van der Waals surface area contributed by atoms with Crippen molar-refractivity contribution in [1.29, 1.82) is 0 Å². The number of hydrogen-bond donors (Lipinski definition) is 3. The number of aliphatic hydroxyl groups excluding tert-OH is 1. The van der Waals surface area contributed by atoms with Crippen LogP contribution < -0.4 is 15.4 Å². The molecule has 0 aliphatic rings. The Morgan fingerprint density at radius 2 is 1.74 bits per heavy atom. The van der Waals surface area contributed by atoms with Crippen LogP contribution in [-0.4, -0.2) is 30.8 Å². The van der Waals surface area contributed by atoms with Gasteiger partial charge in [-0.15, -0.1) is 0 Å². The van der Waals surface area contributed by atoms with Crippen LogP contribution in [0.3, 0.4) is 0 Å². The van der Waals surface area contributed by atoms with Crippen molar-refractivity contribution in [3.63, 3.8) is 0 Å². The molecule has 2 rings (SSSR count). The molecule has 1 unspecified atom stereocenters. The van der Waals surface area contributed by atoms with Crippen LogP contribution in [0.2, 0.25) is 0 Å². The highest BCUT2D eigenvalue weighted by Gasteiger charge is 2.10. The molecule has 1 atom stereocenters. The number of ether oxygens (including phenoxy) is 1. The van der Waals surface area contributed by atoms with E-state index < -0.39 is 12.7 Å². The van der Waals surface area contributed by atoms with Gasteiger partial charge in [-0.3, -0.25) is 0 Å². The maximum absolute atomic E-state index is 12.2. The standard InChI is InChI=1S/C20H25F2N3O2/c1-3-23-20(24-12-15-6-4-14(2)5-7-15)25-13-18(26)16-8-10-17(11-9-16)27-19(21)22/h4-11,18-19,26H,3,12-13H2,1-2H3,(H2,23,24,25). The van der Waals surface area contributed by atoms with E-state index in [0.29, 0.717) is 24.6 Å². The van der Waals surface area contributed by atoms with Gasteiger partial charge in [0.25, 0.3) is 0 Å². The summed E-state index contributed by atoms with van der Waals surface area (Å²) in [5, 5.41) is 16.5. The lowest BCUT2D eigenvalue weighted by Gasteiger charge is -2.16. The van der Waals surface area contributed by atoms with E-state index in [1.54, 1.807) is 12.1 Å². The second-order valence-corrected chi connectivity index (χ2v) is 6.03. The zero-order valence-electron chi connectivity index (χ0n) is 15.5. The summed E-state index contributed by atoms with van der Waals surface area (Å²) in [4.78, 5) is 4.51. The minimum absolute atomic E-state index is 0.0573. The van der Waals surface area contributed by atoms with Gasteiger partial charge in [-0.2, -0.15) is 8.78 Å². The van der Waals surface area contributed by atoms with E-state index >= 15 is 0 Å². The first kappa shape index (κ1) is 20.6. The Labute approximate surface area is 158 Å². The average Bonchev–Trinajstić information content (AvgIpc) is 2.65. The van der Waals surface area contributed by atoms with Crippen LogP contribution in [-0.2, 0) is 6.54 Å². The molecule has 0 saturated carbocycles. The van der Waals surface area contributed by atoms with E-state index in [2.05, 4.69) is 20.4 Å². The Kier molecular flexibility index (Phi) is 8.00. The lowest BCUT2D eigenvalue weighted by atomic mass is 10.1. The number of halogens is 2. The molecule has 5 nitrogen and oxygen atoms in total. The van der Waals surface area contributed by atoms with Gasteiger partial charge < -0.3 is 20.5 Å². The topological polar surface area (TPSA) is 65.9 Å². The molecule has 0 aromatic heterocycles. The Bertz CT molecular complexity index is 719. The maximum Gasteiger partial charge on any atom is 0.387 e. The number of hydrogen-bond acceptors (Lipinski definition) is 3. The largest absolute Gasteiger partial charge is 0.435 e. The molecular formula is C20H25F2N3O2. The van der Waals surface area contributed by atoms with Gasteiger partial charge in [0, 0.05) is 13.1 Å². The third-order valence-electron chi connectivity index (χ3n) is 3.84. The number of alkyl halides is 2. The van der Waals surface area contributed by atoms with Crippen LogP contribution in [0.5, 0.6) is 5.75 Å². The molecule has 0 radical (unpaired) electrons. The first-order valence-corrected chi connectivity index (χ1v) is 8.78. The van der Waals surface area contributed by atoms with Crippen molar-refractivity contribution in [3.05, 3.63) is 65.2 Å². The van der Waals surface area contributed by atoms with Crippen LogP contribution in [0.25, 0.3) is 0 Å². The van der Waals surface area contributed by atoms with Crippen molar-refractivity contribution in [2.45, 2.75) is 33.1 Å². The summed E-state index contributed by atoms with van der Waals surface area (Å²) in [5.74, 6) is 0.650. The summed E-state index contributed by atoms with van der Waals surface area (Å²) in [6.07, 6.45) is -0.811. The molecule has 146 valence electrons. The molecule has 0 aliphatic carbocycles. The predicted octanol–water partition coefficient (Wildman–Crippen LogP) is 3.39. The molecule has 0 bridgehead atoms. The number of nitrogens with one attached hydrogen (secondary N) is 2. The van der Waals surface area contributed by atoms with Crippen molar-refractivity contribution < 1.29 is 18.6 Å². The van der Waals surface area contributed by atoms with Gasteiger partial charge >= 0.3 is 6.61 Å². The summed E-state index contributed by atoms with van der Waals surface area (Å²) in [6, 6.07) is 14.1. The summed E-state index contributed by atoms with van der Waals surface area (Å²) in [7, 11) is 0. The first-order valence-electron chi connectivity index (χ1n) is 8.78. The van der Waals surface area contributed by atoms with E-state index in [0.717, 1.165) is 5.56 Å². The molecule has 0 saturated heterocycles. The van der Waals surface area contributed by atoms with E-state index in [-0.39, 0.29) is 12.3 Å². The van der Waals surface area contributed by atoms with Crippen molar-refractivity contribution in [3.8, 4) is 5.75 Å². The van der Waals surface area contributed by atoms with E-state index in [9.17, 15) is 13.9 Å². The second-order valence-electron chi connectivity index (χ2n) is 6.03. The lowest BCUT2D eigenvalue weighted by Crippen LogP contribution is -2.39. The number of aryl methyl sites for hydroxylation is 1. The lowest BCUT2D eigenvalue weighted by molar-refractivity contribution is -0.0498. The molecule has 2 aromatic carbocycles. The highest BCUT2D eigenvalue weighted by molar-refractivity contribution is 5.79. The SMILES string of the molecule is CCNC(=NCc1ccc(C)cc1)NCC(O)c1ccc(OC(F)F)cc1. The van der Waals surface area contributed by atoms with Crippen molar-refractivity contribution in [1.82, 2.24) is 10.6 Å². The molecule has 2 aromatic rings. The highest BCUT2D eigenvalue weighted by atomic mass is 19.3. The molecule has 7 heteroatoms. The van der Waals surface area contributed by atoms with Gasteiger partial charge in [0.05, 0.1) is 12.6 Å². The molecule has 0 fully saturated rings. The summed E-state index contributed by atoms with van der Waals surface area (Å²) < 4.78 is 28.7. The normalized spacial score (nSPS) is 12.7. The number of rotatable bonds is 8. The Hall–Kier alpha value is -2.67. The summed E-state index contributed by atoms with van der Waals surface area (Å²) in [5.41, 5.74) is 2.88. The molecular weight excluding hydrogens is 352 g/mol. The van der Waals surface area contributed by atoms with Gasteiger partial charge in [-0.25, -0.2) is 4.99 Å². The summed E-state index contributed by atoms with van der Waals surface area (Å²) >= 11 is 0. The highest BCUT2D eigenvalue weighted by Crippen LogP contribution is 2.19. The summed E-state index contributed by atoms with van der Waals surface area (Å²) in [6.45, 7) is 2.57. The second kappa shape index (κ2) is 10.5. The van der Waals surface area contributed by atoms with E-state index in [1.165, 1.54) is 17.7 Å². The van der Waals surface area contributed by atoms with Crippen molar-refractivity contribution in [2.24, 2.45) is 4.99 Å². The van der Waals surface area contributed by atoms with Gasteiger partial charge in [-0.1, -0.05) is 42.0 Å². The monoisotopic (exact) mass is 377 g/mol. The van der Waals surface area contributed by atoms with Crippen LogP contribution >= 0.6 is 0 Å². The number of aliphatic imine (C=N–C) groups is 1. The van der Waals surface area contributed by atoms with E-state index in [4.69, 9.17) is 0 Å². The Morgan fingerprint density at radius 1 is 1.07 bits per heavy atom. The van der Waals surface area contributed by atoms with Crippen molar-refractivity contribution in [2.75, 3.05) is 13.1 Å². The third-order valence-corrected chi connectivity index (χ3v) is 3.84. The fourth-order valence-corrected chi connectivity index (χ4v) is 2.39. The third kappa shape index (κ3) is 7.22. The molecule has 0 spiro atoms. The molecule has 0 amide bonds. The van der Waals surface area contributed by atoms with Crippen LogP contribution in [0.15, 0.2) is 53.5 Å². The van der Waals surface area contributed by atoms with Gasteiger partial charge in [0.2, 0.25) is 0 Å². The Balaban J connectivity index is 1.91. The number of aliphatic hydroxyl groups is 1. The van der Waals surface area contributed by atoms with Gasteiger partial charge in [0.1, 0.15) is 5.75 Å². The minimum atomic E-state index is -2.87. The molecule has 0 heterocycles. The fourth-order valence-electron chi connectivity index (χ4n) is 2.39. The molecule has 27 heavy (non-hydrogen) atoms.